The minimum absolute atomic E-state index is 0.346. The summed E-state index contributed by atoms with van der Waals surface area (Å²) in [4.78, 5) is 10.1. The molecule has 0 aromatic carbocycles. The lowest BCUT2D eigenvalue weighted by atomic mass is 10.2. The van der Waals surface area contributed by atoms with E-state index in [0.29, 0.717) is 13.2 Å². The standard InChI is InChI=1S/C15H28O3/c1-2-3-4-7-10-13-17-15-18-14-11-8-5-6-9-12-16/h11-12,14H,2-10,13,15H2,1H3. The summed E-state index contributed by atoms with van der Waals surface area (Å²) in [5.41, 5.74) is 0. The number of unbranched alkanes of at least 4 members (excludes halogenated alkanes) is 7. The zero-order valence-electron chi connectivity index (χ0n) is 11.7. The Morgan fingerprint density at radius 3 is 2.50 bits per heavy atom. The minimum atomic E-state index is 0.346. The van der Waals surface area contributed by atoms with Crippen LogP contribution in [0.5, 0.6) is 0 Å². The van der Waals surface area contributed by atoms with Crippen LogP contribution < -0.4 is 0 Å². The normalized spacial score (nSPS) is 10.9. The molecule has 0 atom stereocenters. The summed E-state index contributed by atoms with van der Waals surface area (Å²) >= 11 is 0. The SMILES string of the molecule is CCCCCCCOCOC=CCCCCC=O. The molecule has 0 aromatic rings. The molecule has 0 N–H and O–H groups in total. The number of hydrogen-bond acceptors (Lipinski definition) is 3. The van der Waals surface area contributed by atoms with Gasteiger partial charge >= 0.3 is 0 Å². The summed E-state index contributed by atoms with van der Waals surface area (Å²) in [5.74, 6) is 0. The van der Waals surface area contributed by atoms with Gasteiger partial charge < -0.3 is 14.3 Å². The number of hydrogen-bond donors (Lipinski definition) is 0. The number of aldehydes is 1. The van der Waals surface area contributed by atoms with Gasteiger partial charge in [0.05, 0.1) is 12.9 Å². The number of rotatable bonds is 14. The van der Waals surface area contributed by atoms with E-state index in [1.54, 1.807) is 6.26 Å². The molecule has 18 heavy (non-hydrogen) atoms. The maximum atomic E-state index is 10.1. The van der Waals surface area contributed by atoms with Crippen LogP contribution >= 0.6 is 0 Å². The Balaban J connectivity index is 3.01. The molecule has 0 bridgehead atoms. The first-order valence-corrected chi connectivity index (χ1v) is 7.19. The highest BCUT2D eigenvalue weighted by atomic mass is 16.7. The van der Waals surface area contributed by atoms with Crippen LogP contribution in [0.25, 0.3) is 0 Å². The summed E-state index contributed by atoms with van der Waals surface area (Å²) in [7, 11) is 0. The molecule has 0 aliphatic carbocycles. The molecule has 0 saturated carbocycles. The lowest BCUT2D eigenvalue weighted by Gasteiger charge is -2.03. The molecule has 0 spiro atoms. The Morgan fingerprint density at radius 1 is 0.944 bits per heavy atom. The molecule has 0 fully saturated rings. The van der Waals surface area contributed by atoms with Crippen LogP contribution in [0.2, 0.25) is 0 Å². The monoisotopic (exact) mass is 256 g/mol. The van der Waals surface area contributed by atoms with Crippen molar-refractivity contribution in [1.82, 2.24) is 0 Å². The number of carbonyl (C=O) groups excluding carboxylic acids is 1. The van der Waals surface area contributed by atoms with E-state index in [9.17, 15) is 4.79 Å². The second kappa shape index (κ2) is 16.2. The molecule has 0 aliphatic rings. The Kier molecular flexibility index (Phi) is 15.4. The van der Waals surface area contributed by atoms with Crippen molar-refractivity contribution in [2.45, 2.75) is 64.7 Å². The summed E-state index contributed by atoms with van der Waals surface area (Å²) in [5, 5.41) is 0. The van der Waals surface area contributed by atoms with Gasteiger partial charge in [-0.1, -0.05) is 32.6 Å². The molecule has 0 unspecified atom stereocenters. The molecule has 0 aromatic heterocycles. The highest BCUT2D eigenvalue weighted by Gasteiger charge is 1.89. The van der Waals surface area contributed by atoms with Crippen LogP contribution in [0.15, 0.2) is 12.3 Å². The first-order chi connectivity index (χ1) is 8.91. The highest BCUT2D eigenvalue weighted by Crippen LogP contribution is 2.02. The summed E-state index contributed by atoms with van der Waals surface area (Å²) in [6.07, 6.45) is 14.5. The number of ether oxygens (including phenoxy) is 2. The zero-order chi connectivity index (χ0) is 13.3. The van der Waals surface area contributed by atoms with Gasteiger partial charge in [0.1, 0.15) is 6.29 Å². The average Bonchev–Trinajstić information content (AvgIpc) is 2.39. The van der Waals surface area contributed by atoms with Crippen molar-refractivity contribution in [2.24, 2.45) is 0 Å². The average molecular weight is 256 g/mol. The highest BCUT2D eigenvalue weighted by molar-refractivity contribution is 5.48. The third-order valence-corrected chi connectivity index (χ3v) is 2.68. The molecule has 0 saturated heterocycles. The summed E-state index contributed by atoms with van der Waals surface area (Å²) in [6, 6.07) is 0. The molecule has 0 rings (SSSR count). The van der Waals surface area contributed by atoms with Gasteiger partial charge in [0.15, 0.2) is 6.79 Å². The predicted molar refractivity (Wildman–Crippen MR) is 74.3 cm³/mol. The third-order valence-electron chi connectivity index (χ3n) is 2.68. The zero-order valence-corrected chi connectivity index (χ0v) is 11.7. The maximum Gasteiger partial charge on any atom is 0.188 e. The maximum absolute atomic E-state index is 10.1. The van der Waals surface area contributed by atoms with Crippen LogP contribution in [0, 0.1) is 0 Å². The van der Waals surface area contributed by atoms with E-state index < -0.39 is 0 Å². The van der Waals surface area contributed by atoms with Crippen LogP contribution in [0.3, 0.4) is 0 Å². The summed E-state index contributed by atoms with van der Waals surface area (Å²) in [6.45, 7) is 3.35. The van der Waals surface area contributed by atoms with Crippen molar-refractivity contribution in [2.75, 3.05) is 13.4 Å². The smallest absolute Gasteiger partial charge is 0.188 e. The van der Waals surface area contributed by atoms with Crippen molar-refractivity contribution in [3.05, 3.63) is 12.3 Å². The fourth-order valence-corrected chi connectivity index (χ4v) is 1.58. The third kappa shape index (κ3) is 15.2. The molecule has 0 aliphatic heterocycles. The Labute approximate surface area is 112 Å². The van der Waals surface area contributed by atoms with Crippen molar-refractivity contribution in [3.8, 4) is 0 Å². The molecule has 3 nitrogen and oxygen atoms in total. The molecule has 106 valence electrons. The largest absolute Gasteiger partial charge is 0.475 e. The molecule has 0 radical (unpaired) electrons. The second-order valence-electron chi connectivity index (χ2n) is 4.43. The Bertz CT molecular complexity index is 190. The van der Waals surface area contributed by atoms with Gasteiger partial charge in [-0.25, -0.2) is 0 Å². The van der Waals surface area contributed by atoms with Crippen LogP contribution in [0.1, 0.15) is 64.7 Å². The molecular weight excluding hydrogens is 228 g/mol. The van der Waals surface area contributed by atoms with Crippen LogP contribution in [-0.4, -0.2) is 19.7 Å². The first-order valence-electron chi connectivity index (χ1n) is 7.19. The van der Waals surface area contributed by atoms with Gasteiger partial charge in [0.25, 0.3) is 0 Å². The van der Waals surface area contributed by atoms with E-state index in [0.717, 1.165) is 38.6 Å². The lowest BCUT2D eigenvalue weighted by Crippen LogP contribution is -1.97. The van der Waals surface area contributed by atoms with Gasteiger partial charge in [-0.2, -0.15) is 0 Å². The quantitative estimate of drug-likeness (QED) is 0.202. The van der Waals surface area contributed by atoms with Gasteiger partial charge in [0.2, 0.25) is 0 Å². The fraction of sp³-hybridized carbons (Fsp3) is 0.800. The molecule has 0 heterocycles. The van der Waals surface area contributed by atoms with E-state index >= 15 is 0 Å². The van der Waals surface area contributed by atoms with E-state index in [1.807, 2.05) is 6.08 Å². The van der Waals surface area contributed by atoms with Gasteiger partial charge in [-0.15, -0.1) is 0 Å². The van der Waals surface area contributed by atoms with Crippen LogP contribution in [-0.2, 0) is 14.3 Å². The molecular formula is C15H28O3. The van der Waals surface area contributed by atoms with Crippen molar-refractivity contribution in [3.63, 3.8) is 0 Å². The van der Waals surface area contributed by atoms with E-state index in [4.69, 9.17) is 9.47 Å². The Morgan fingerprint density at radius 2 is 1.72 bits per heavy atom. The van der Waals surface area contributed by atoms with Gasteiger partial charge in [0, 0.05) is 6.42 Å². The van der Waals surface area contributed by atoms with Gasteiger partial charge in [-0.05, 0) is 31.8 Å². The van der Waals surface area contributed by atoms with Gasteiger partial charge in [-0.3, -0.25) is 0 Å². The fourth-order valence-electron chi connectivity index (χ4n) is 1.58. The predicted octanol–water partition coefficient (Wildman–Crippen LogP) is 4.22. The topological polar surface area (TPSA) is 35.5 Å². The van der Waals surface area contributed by atoms with Crippen LogP contribution in [0.4, 0.5) is 0 Å². The van der Waals surface area contributed by atoms with E-state index in [2.05, 4.69) is 6.92 Å². The van der Waals surface area contributed by atoms with E-state index in [-0.39, 0.29) is 0 Å². The van der Waals surface area contributed by atoms with E-state index in [1.165, 1.54) is 25.7 Å². The number of allylic oxidation sites excluding steroid dienone is 1. The first kappa shape index (κ1) is 17.2. The van der Waals surface area contributed by atoms with Crippen molar-refractivity contribution in [1.29, 1.82) is 0 Å². The number of carbonyl (C=O) groups is 1. The van der Waals surface area contributed by atoms with Crippen molar-refractivity contribution >= 4 is 6.29 Å². The second-order valence-corrected chi connectivity index (χ2v) is 4.43. The molecule has 0 amide bonds. The van der Waals surface area contributed by atoms with Crippen molar-refractivity contribution < 1.29 is 14.3 Å². The summed E-state index contributed by atoms with van der Waals surface area (Å²) < 4.78 is 10.5. The Hall–Kier alpha value is -0.830. The molecule has 3 heteroatoms. The lowest BCUT2D eigenvalue weighted by molar-refractivity contribution is -0.107. The minimum Gasteiger partial charge on any atom is -0.475 e.